The molecular formula is C14H17N5. The Morgan fingerprint density at radius 2 is 2.26 bits per heavy atom. The van der Waals surface area contributed by atoms with E-state index in [0.717, 1.165) is 24.3 Å². The zero-order chi connectivity index (χ0) is 13.7. The molecule has 0 spiro atoms. The summed E-state index contributed by atoms with van der Waals surface area (Å²) in [5.41, 5.74) is 2.46. The van der Waals surface area contributed by atoms with Crippen molar-refractivity contribution in [1.82, 2.24) is 20.1 Å². The minimum absolute atomic E-state index is 0.606. The van der Waals surface area contributed by atoms with Crippen LogP contribution in [0.4, 0.5) is 0 Å². The van der Waals surface area contributed by atoms with Gasteiger partial charge in [0, 0.05) is 6.54 Å². The Labute approximate surface area is 112 Å². The quantitative estimate of drug-likeness (QED) is 0.886. The van der Waals surface area contributed by atoms with Crippen LogP contribution in [0.1, 0.15) is 25.0 Å². The summed E-state index contributed by atoms with van der Waals surface area (Å²) in [6.45, 7) is 6.07. The fraction of sp³-hybridized carbons (Fsp3) is 0.357. The van der Waals surface area contributed by atoms with Crippen LogP contribution >= 0.6 is 0 Å². The van der Waals surface area contributed by atoms with E-state index in [1.807, 2.05) is 18.2 Å². The molecule has 0 bridgehead atoms. The van der Waals surface area contributed by atoms with Crippen molar-refractivity contribution >= 4 is 0 Å². The third-order valence-corrected chi connectivity index (χ3v) is 2.73. The Bertz CT molecular complexity index is 566. The van der Waals surface area contributed by atoms with Gasteiger partial charge in [-0.1, -0.05) is 19.9 Å². The minimum atomic E-state index is 0.606. The summed E-state index contributed by atoms with van der Waals surface area (Å²) in [7, 11) is 0. The maximum atomic E-state index is 9.22. The van der Waals surface area contributed by atoms with Gasteiger partial charge in [0.1, 0.15) is 18.7 Å². The summed E-state index contributed by atoms with van der Waals surface area (Å²) in [6.07, 6.45) is 3.05. The lowest BCUT2D eigenvalue weighted by atomic mass is 10.1. The third kappa shape index (κ3) is 3.39. The molecule has 0 fully saturated rings. The molecule has 0 aliphatic heterocycles. The fourth-order valence-electron chi connectivity index (χ4n) is 1.82. The zero-order valence-electron chi connectivity index (χ0n) is 11.2. The number of nitrogens with zero attached hydrogens (tertiary/aromatic N) is 4. The summed E-state index contributed by atoms with van der Waals surface area (Å²) < 4.78 is 1.60. The van der Waals surface area contributed by atoms with Gasteiger partial charge in [-0.15, -0.1) is 0 Å². The first-order valence-electron chi connectivity index (χ1n) is 6.29. The molecule has 0 radical (unpaired) electrons. The van der Waals surface area contributed by atoms with Crippen molar-refractivity contribution in [3.8, 4) is 11.8 Å². The Morgan fingerprint density at radius 3 is 2.89 bits per heavy atom. The van der Waals surface area contributed by atoms with E-state index in [9.17, 15) is 5.26 Å². The second-order valence-electron chi connectivity index (χ2n) is 4.83. The predicted molar refractivity (Wildman–Crippen MR) is 72.6 cm³/mol. The first kappa shape index (κ1) is 13.2. The van der Waals surface area contributed by atoms with E-state index in [4.69, 9.17) is 0 Å². The largest absolute Gasteiger partial charge is 0.312 e. The maximum absolute atomic E-state index is 9.22. The molecule has 1 aromatic heterocycles. The van der Waals surface area contributed by atoms with Gasteiger partial charge in [-0.3, -0.25) is 0 Å². The highest BCUT2D eigenvalue weighted by atomic mass is 15.3. The highest BCUT2D eigenvalue weighted by Crippen LogP contribution is 2.14. The van der Waals surface area contributed by atoms with Gasteiger partial charge in [0.15, 0.2) is 0 Å². The number of hydrogen-bond acceptors (Lipinski definition) is 4. The second kappa shape index (κ2) is 6.12. The Hall–Kier alpha value is -2.19. The number of benzene rings is 1. The van der Waals surface area contributed by atoms with Crippen LogP contribution < -0.4 is 5.32 Å². The number of nitrogens with one attached hydrogen (secondary N) is 1. The van der Waals surface area contributed by atoms with Crippen LogP contribution in [0.15, 0.2) is 30.9 Å². The van der Waals surface area contributed by atoms with Gasteiger partial charge >= 0.3 is 0 Å². The van der Waals surface area contributed by atoms with Gasteiger partial charge in [0.2, 0.25) is 0 Å². The maximum Gasteiger partial charge on any atom is 0.138 e. The molecule has 0 saturated heterocycles. The van der Waals surface area contributed by atoms with Gasteiger partial charge in [-0.2, -0.15) is 10.4 Å². The van der Waals surface area contributed by atoms with Gasteiger partial charge in [-0.25, -0.2) is 9.67 Å². The van der Waals surface area contributed by atoms with Crippen LogP contribution in [0.3, 0.4) is 0 Å². The van der Waals surface area contributed by atoms with Crippen molar-refractivity contribution in [2.75, 3.05) is 6.54 Å². The lowest BCUT2D eigenvalue weighted by molar-refractivity contribution is 0.552. The Morgan fingerprint density at radius 1 is 1.42 bits per heavy atom. The molecule has 0 amide bonds. The summed E-state index contributed by atoms with van der Waals surface area (Å²) in [5, 5.41) is 16.6. The summed E-state index contributed by atoms with van der Waals surface area (Å²) >= 11 is 0. The van der Waals surface area contributed by atoms with Crippen molar-refractivity contribution in [3.05, 3.63) is 42.0 Å². The van der Waals surface area contributed by atoms with Crippen LogP contribution in [-0.2, 0) is 6.54 Å². The molecular weight excluding hydrogens is 238 g/mol. The standard InChI is InChI=1S/C14H17N5/c1-11(2)7-16-8-12-3-4-14(13(5-12)6-15)19-10-17-9-18-19/h3-5,9-11,16H,7-8H2,1-2H3. The topological polar surface area (TPSA) is 66.5 Å². The first-order valence-corrected chi connectivity index (χ1v) is 6.29. The highest BCUT2D eigenvalue weighted by Gasteiger charge is 2.06. The summed E-state index contributed by atoms with van der Waals surface area (Å²) in [5.74, 6) is 0.616. The average molecular weight is 255 g/mol. The van der Waals surface area contributed by atoms with Gasteiger partial charge in [-0.05, 0) is 30.2 Å². The van der Waals surface area contributed by atoms with E-state index in [1.165, 1.54) is 6.33 Å². The molecule has 2 rings (SSSR count). The van der Waals surface area contributed by atoms with Crippen molar-refractivity contribution in [2.24, 2.45) is 5.92 Å². The van der Waals surface area contributed by atoms with E-state index in [-0.39, 0.29) is 0 Å². The monoisotopic (exact) mass is 255 g/mol. The SMILES string of the molecule is CC(C)CNCc1ccc(-n2cncn2)c(C#N)c1. The van der Waals surface area contributed by atoms with Crippen LogP contribution in [0.25, 0.3) is 5.69 Å². The normalized spacial score (nSPS) is 10.6. The van der Waals surface area contributed by atoms with Gasteiger partial charge < -0.3 is 5.32 Å². The van der Waals surface area contributed by atoms with Crippen LogP contribution in [0, 0.1) is 17.2 Å². The lowest BCUT2D eigenvalue weighted by Gasteiger charge is -2.09. The number of nitriles is 1. The minimum Gasteiger partial charge on any atom is -0.312 e. The smallest absolute Gasteiger partial charge is 0.138 e. The summed E-state index contributed by atoms with van der Waals surface area (Å²) in [4.78, 5) is 3.90. The van der Waals surface area contributed by atoms with E-state index in [0.29, 0.717) is 11.5 Å². The number of aromatic nitrogens is 3. The van der Waals surface area contributed by atoms with Gasteiger partial charge in [0.05, 0.1) is 11.3 Å². The molecule has 0 atom stereocenters. The van der Waals surface area contributed by atoms with E-state index >= 15 is 0 Å². The van der Waals surface area contributed by atoms with Gasteiger partial charge in [0.25, 0.3) is 0 Å². The Balaban J connectivity index is 2.15. The molecule has 1 heterocycles. The van der Waals surface area contributed by atoms with Crippen LogP contribution in [0.5, 0.6) is 0 Å². The lowest BCUT2D eigenvalue weighted by Crippen LogP contribution is -2.19. The Kier molecular flexibility index (Phi) is 4.26. The van der Waals surface area contributed by atoms with E-state index in [2.05, 4.69) is 35.3 Å². The molecule has 98 valence electrons. The number of rotatable bonds is 5. The fourth-order valence-corrected chi connectivity index (χ4v) is 1.82. The molecule has 0 aliphatic rings. The molecule has 5 heteroatoms. The second-order valence-corrected chi connectivity index (χ2v) is 4.83. The molecule has 0 unspecified atom stereocenters. The molecule has 0 aliphatic carbocycles. The van der Waals surface area contributed by atoms with Crippen molar-refractivity contribution < 1.29 is 0 Å². The van der Waals surface area contributed by atoms with Crippen LogP contribution in [-0.4, -0.2) is 21.3 Å². The van der Waals surface area contributed by atoms with Crippen molar-refractivity contribution in [1.29, 1.82) is 5.26 Å². The zero-order valence-corrected chi connectivity index (χ0v) is 11.2. The van der Waals surface area contributed by atoms with Crippen LogP contribution in [0.2, 0.25) is 0 Å². The van der Waals surface area contributed by atoms with Crippen molar-refractivity contribution in [3.63, 3.8) is 0 Å². The molecule has 19 heavy (non-hydrogen) atoms. The molecule has 2 aromatic rings. The number of hydrogen-bond donors (Lipinski definition) is 1. The molecule has 1 aromatic carbocycles. The predicted octanol–water partition coefficient (Wildman–Crippen LogP) is 1.88. The summed E-state index contributed by atoms with van der Waals surface area (Å²) in [6, 6.07) is 8.01. The average Bonchev–Trinajstić information content (AvgIpc) is 2.92. The molecule has 0 saturated carbocycles. The molecule has 1 N–H and O–H groups in total. The van der Waals surface area contributed by atoms with E-state index < -0.39 is 0 Å². The molecule has 5 nitrogen and oxygen atoms in total. The third-order valence-electron chi connectivity index (χ3n) is 2.73. The first-order chi connectivity index (χ1) is 9.20. The highest BCUT2D eigenvalue weighted by molar-refractivity contribution is 5.49. The van der Waals surface area contributed by atoms with E-state index in [1.54, 1.807) is 11.0 Å². The van der Waals surface area contributed by atoms with Crippen molar-refractivity contribution in [2.45, 2.75) is 20.4 Å².